The van der Waals surface area contributed by atoms with Crippen molar-refractivity contribution in [3.05, 3.63) is 101 Å². The Bertz CT molecular complexity index is 1620. The van der Waals surface area contributed by atoms with E-state index in [9.17, 15) is 18.4 Å². The van der Waals surface area contributed by atoms with E-state index in [0.29, 0.717) is 55.5 Å². The SMILES string of the molecule is CC1(C)c2nc(-c3ccc(F)cc3)c(Nc3ccc(F)cc3)n2CCN1C(=O)CNCCCc1cccc(CCC(N)=O)c1. The Hall–Kier alpha value is -4.57. The molecule has 0 atom stereocenters. The Morgan fingerprint density at radius 2 is 1.59 bits per heavy atom. The van der Waals surface area contributed by atoms with E-state index in [4.69, 9.17) is 10.7 Å². The number of nitrogens with zero attached hydrogens (tertiary/aromatic N) is 3. The zero-order chi connectivity index (χ0) is 31.3. The third-order valence-corrected chi connectivity index (χ3v) is 8.01. The first kappa shape index (κ1) is 30.9. The Morgan fingerprint density at radius 3 is 2.27 bits per heavy atom. The lowest BCUT2D eigenvalue weighted by Crippen LogP contribution is -2.54. The Labute approximate surface area is 256 Å². The highest BCUT2D eigenvalue weighted by molar-refractivity contribution is 5.81. The van der Waals surface area contributed by atoms with Crippen LogP contribution in [-0.4, -0.2) is 45.9 Å². The molecule has 2 heterocycles. The molecule has 2 amide bonds. The van der Waals surface area contributed by atoms with Gasteiger partial charge in [0.15, 0.2) is 0 Å². The van der Waals surface area contributed by atoms with E-state index in [2.05, 4.69) is 27.3 Å². The van der Waals surface area contributed by atoms with E-state index in [1.165, 1.54) is 29.8 Å². The second kappa shape index (κ2) is 13.4. The van der Waals surface area contributed by atoms with Crippen LogP contribution in [0.15, 0.2) is 72.8 Å². The molecule has 230 valence electrons. The van der Waals surface area contributed by atoms with Crippen LogP contribution in [-0.2, 0) is 34.5 Å². The number of aromatic nitrogens is 2. The van der Waals surface area contributed by atoms with Gasteiger partial charge in [-0.05, 0) is 99.3 Å². The fraction of sp³-hybridized carbons (Fsp3) is 0.324. The highest BCUT2D eigenvalue weighted by atomic mass is 19.1. The van der Waals surface area contributed by atoms with Crippen LogP contribution in [0.4, 0.5) is 20.3 Å². The molecule has 4 aromatic rings. The number of amides is 2. The second-order valence-electron chi connectivity index (χ2n) is 11.6. The van der Waals surface area contributed by atoms with Crippen LogP contribution in [0, 0.1) is 11.6 Å². The monoisotopic (exact) mass is 600 g/mol. The van der Waals surface area contributed by atoms with Gasteiger partial charge >= 0.3 is 0 Å². The van der Waals surface area contributed by atoms with Gasteiger partial charge in [-0.2, -0.15) is 0 Å². The third kappa shape index (κ3) is 7.14. The number of halogens is 2. The lowest BCUT2D eigenvalue weighted by Gasteiger charge is -2.42. The summed E-state index contributed by atoms with van der Waals surface area (Å²) >= 11 is 0. The molecule has 10 heteroatoms. The molecule has 0 fully saturated rings. The standard InChI is InChI=1S/C34H38F2N6O2/c1-34(2)33-40-31(25-9-11-26(35)12-10-25)32(39-28-15-13-27(36)14-16-28)41(33)19-20-42(34)30(44)22-38-18-4-7-23-5-3-6-24(21-23)8-17-29(37)43/h3,5-6,9-16,21,38-39H,4,7-8,17-20,22H2,1-2H3,(H2,37,43). The summed E-state index contributed by atoms with van der Waals surface area (Å²) in [6, 6.07) is 20.4. The predicted molar refractivity (Wildman–Crippen MR) is 167 cm³/mol. The van der Waals surface area contributed by atoms with E-state index in [0.717, 1.165) is 24.0 Å². The maximum atomic E-state index is 13.7. The van der Waals surface area contributed by atoms with Crippen LogP contribution in [0.25, 0.3) is 11.3 Å². The predicted octanol–water partition coefficient (Wildman–Crippen LogP) is 5.29. The lowest BCUT2D eigenvalue weighted by molar-refractivity contribution is -0.137. The number of anilines is 2. The minimum atomic E-state index is -0.722. The number of hydrogen-bond donors (Lipinski definition) is 3. The number of benzene rings is 3. The van der Waals surface area contributed by atoms with Crippen LogP contribution < -0.4 is 16.4 Å². The fourth-order valence-electron chi connectivity index (χ4n) is 5.70. The van der Waals surface area contributed by atoms with Crippen molar-refractivity contribution < 1.29 is 18.4 Å². The molecule has 0 radical (unpaired) electrons. The summed E-state index contributed by atoms with van der Waals surface area (Å²) in [5, 5.41) is 6.68. The fourth-order valence-corrected chi connectivity index (χ4v) is 5.70. The minimum absolute atomic E-state index is 0.0194. The maximum absolute atomic E-state index is 13.7. The number of aryl methyl sites for hydroxylation is 2. The van der Waals surface area contributed by atoms with Crippen LogP contribution in [0.2, 0.25) is 0 Å². The highest BCUT2D eigenvalue weighted by Crippen LogP contribution is 2.39. The van der Waals surface area contributed by atoms with Crippen molar-refractivity contribution >= 4 is 23.3 Å². The van der Waals surface area contributed by atoms with Gasteiger partial charge in [0.2, 0.25) is 11.8 Å². The molecule has 1 aromatic heterocycles. The summed E-state index contributed by atoms with van der Waals surface area (Å²) in [4.78, 5) is 31.4. The van der Waals surface area contributed by atoms with Gasteiger partial charge in [0.1, 0.15) is 29.0 Å². The number of nitrogens with two attached hydrogens (primary N) is 1. The van der Waals surface area contributed by atoms with Gasteiger partial charge in [-0.1, -0.05) is 24.3 Å². The molecule has 1 aliphatic rings. The summed E-state index contributed by atoms with van der Waals surface area (Å²) in [7, 11) is 0. The smallest absolute Gasteiger partial charge is 0.237 e. The highest BCUT2D eigenvalue weighted by Gasteiger charge is 2.41. The molecule has 44 heavy (non-hydrogen) atoms. The zero-order valence-electron chi connectivity index (χ0n) is 25.1. The third-order valence-electron chi connectivity index (χ3n) is 8.01. The van der Waals surface area contributed by atoms with Crippen molar-refractivity contribution in [2.75, 3.05) is 25.0 Å². The normalized spacial score (nSPS) is 13.9. The number of rotatable bonds is 12. The minimum Gasteiger partial charge on any atom is -0.370 e. The molecule has 3 aromatic carbocycles. The van der Waals surface area contributed by atoms with Gasteiger partial charge in [-0.3, -0.25) is 9.59 Å². The molecule has 8 nitrogen and oxygen atoms in total. The molecule has 5 rings (SSSR count). The van der Waals surface area contributed by atoms with E-state index in [1.807, 2.05) is 30.9 Å². The van der Waals surface area contributed by atoms with E-state index in [1.54, 1.807) is 24.3 Å². The van der Waals surface area contributed by atoms with Crippen molar-refractivity contribution in [3.8, 4) is 11.3 Å². The van der Waals surface area contributed by atoms with Crippen LogP contribution in [0.1, 0.15) is 43.6 Å². The van der Waals surface area contributed by atoms with Gasteiger partial charge < -0.3 is 25.8 Å². The molecule has 0 unspecified atom stereocenters. The maximum Gasteiger partial charge on any atom is 0.237 e. The number of carbonyl (C=O) groups is 2. The summed E-state index contributed by atoms with van der Waals surface area (Å²) in [5.41, 5.74) is 8.87. The molecule has 0 aliphatic carbocycles. The van der Waals surface area contributed by atoms with E-state index >= 15 is 0 Å². The van der Waals surface area contributed by atoms with Crippen LogP contribution >= 0.6 is 0 Å². The molecule has 0 spiro atoms. The zero-order valence-corrected chi connectivity index (χ0v) is 25.1. The van der Waals surface area contributed by atoms with Crippen LogP contribution in [0.3, 0.4) is 0 Å². The van der Waals surface area contributed by atoms with Gasteiger partial charge in [-0.15, -0.1) is 0 Å². The average Bonchev–Trinajstić information content (AvgIpc) is 3.37. The van der Waals surface area contributed by atoms with Crippen molar-refractivity contribution in [3.63, 3.8) is 0 Å². The molecule has 0 bridgehead atoms. The summed E-state index contributed by atoms with van der Waals surface area (Å²) in [6.45, 7) is 5.83. The Kier molecular flexibility index (Phi) is 9.39. The van der Waals surface area contributed by atoms with Gasteiger partial charge in [0.25, 0.3) is 0 Å². The number of primary amides is 1. The Morgan fingerprint density at radius 1 is 0.932 bits per heavy atom. The molecule has 0 saturated heterocycles. The summed E-state index contributed by atoms with van der Waals surface area (Å²) < 4.78 is 29.4. The second-order valence-corrected chi connectivity index (χ2v) is 11.6. The number of carbonyl (C=O) groups excluding carboxylic acids is 2. The summed E-state index contributed by atoms with van der Waals surface area (Å²) in [6.07, 6.45) is 2.68. The first-order valence-electron chi connectivity index (χ1n) is 14.9. The van der Waals surface area contributed by atoms with Crippen molar-refractivity contribution in [2.45, 2.75) is 51.6 Å². The van der Waals surface area contributed by atoms with E-state index in [-0.39, 0.29) is 30.0 Å². The molecule has 0 saturated carbocycles. The van der Waals surface area contributed by atoms with Crippen molar-refractivity contribution in [2.24, 2.45) is 5.73 Å². The lowest BCUT2D eigenvalue weighted by atomic mass is 9.99. The number of imidazole rings is 1. The molecular formula is C34H38F2N6O2. The number of hydrogen-bond acceptors (Lipinski definition) is 5. The largest absolute Gasteiger partial charge is 0.370 e. The Balaban J connectivity index is 1.25. The molecule has 1 aliphatic heterocycles. The quantitative estimate of drug-likeness (QED) is 0.192. The number of nitrogens with one attached hydrogen (secondary N) is 2. The van der Waals surface area contributed by atoms with Gasteiger partial charge in [0.05, 0.1) is 12.1 Å². The molecular weight excluding hydrogens is 562 g/mol. The summed E-state index contributed by atoms with van der Waals surface area (Å²) in [5.74, 6) is 0.408. The van der Waals surface area contributed by atoms with Crippen LogP contribution in [0.5, 0.6) is 0 Å². The average molecular weight is 601 g/mol. The van der Waals surface area contributed by atoms with Crippen molar-refractivity contribution in [1.29, 1.82) is 0 Å². The van der Waals surface area contributed by atoms with Crippen molar-refractivity contribution in [1.82, 2.24) is 19.8 Å². The van der Waals surface area contributed by atoms with Gasteiger partial charge in [-0.25, -0.2) is 13.8 Å². The van der Waals surface area contributed by atoms with E-state index < -0.39 is 5.54 Å². The first-order valence-corrected chi connectivity index (χ1v) is 14.9. The molecule has 4 N–H and O–H groups in total. The topological polar surface area (TPSA) is 105 Å². The van der Waals surface area contributed by atoms with Gasteiger partial charge in [0, 0.05) is 30.8 Å². The first-order chi connectivity index (χ1) is 21.1. The number of fused-ring (bicyclic) bond motifs is 1.